The quantitative estimate of drug-likeness (QED) is 0.592. The molecule has 3 nitrogen and oxygen atoms in total. The van der Waals surface area contributed by atoms with E-state index in [9.17, 15) is 14.3 Å². The molecular weight excluding hydrogens is 163 g/mol. The van der Waals surface area contributed by atoms with E-state index in [4.69, 9.17) is 0 Å². The molecule has 1 aliphatic rings. The second-order valence-corrected chi connectivity index (χ2v) is 2.43. The number of halogens is 1. The van der Waals surface area contributed by atoms with Gasteiger partial charge >= 0.3 is 5.97 Å². The van der Waals surface area contributed by atoms with Gasteiger partial charge in [-0.15, -0.1) is 0 Å². The molecule has 1 unspecified atom stereocenters. The van der Waals surface area contributed by atoms with Crippen LogP contribution in [0.2, 0.25) is 0 Å². The molecule has 0 spiro atoms. The Labute approximate surface area is 69.1 Å². The van der Waals surface area contributed by atoms with Crippen LogP contribution < -0.4 is 0 Å². The van der Waals surface area contributed by atoms with Crippen LogP contribution >= 0.6 is 0 Å². The highest BCUT2D eigenvalue weighted by molar-refractivity contribution is 5.90. The van der Waals surface area contributed by atoms with E-state index in [1.165, 1.54) is 13.2 Å². The van der Waals surface area contributed by atoms with Crippen LogP contribution in [0.1, 0.15) is 6.42 Å². The van der Waals surface area contributed by atoms with Gasteiger partial charge in [0.25, 0.3) is 0 Å². The fraction of sp³-hybridized carbons (Fsp3) is 0.375. The maximum atomic E-state index is 12.6. The van der Waals surface area contributed by atoms with Crippen LogP contribution in [-0.4, -0.2) is 24.3 Å². The number of esters is 1. The minimum atomic E-state index is -0.947. The summed E-state index contributed by atoms with van der Waals surface area (Å²) in [5, 5.41) is 9.21. The van der Waals surface area contributed by atoms with Crippen molar-refractivity contribution in [1.82, 2.24) is 0 Å². The smallest absolute Gasteiger partial charge is 0.336 e. The summed E-state index contributed by atoms with van der Waals surface area (Å²) in [5.74, 6) is -1.20. The first-order chi connectivity index (χ1) is 5.65. The topological polar surface area (TPSA) is 46.5 Å². The largest absolute Gasteiger partial charge is 0.466 e. The Hall–Kier alpha value is -1.16. The summed E-state index contributed by atoms with van der Waals surface area (Å²) in [7, 11) is 1.19. The lowest BCUT2D eigenvalue weighted by molar-refractivity contribution is -0.137. The lowest BCUT2D eigenvalue weighted by atomic mass is 10.0. The first-order valence-corrected chi connectivity index (χ1v) is 3.48. The van der Waals surface area contributed by atoms with Crippen molar-refractivity contribution in [3.05, 3.63) is 23.6 Å². The molecule has 0 saturated heterocycles. The van der Waals surface area contributed by atoms with E-state index >= 15 is 0 Å². The van der Waals surface area contributed by atoms with E-state index in [-0.39, 0.29) is 12.0 Å². The number of hydrogen-bond donors (Lipinski definition) is 1. The van der Waals surface area contributed by atoms with Gasteiger partial charge in [-0.1, -0.05) is 0 Å². The Bertz CT molecular complexity index is 255. The predicted octanol–water partition coefficient (Wildman–Crippen LogP) is 0.704. The standard InChI is InChI=1S/C8H9FO3/c1-12-8(11)6-4-5(9)2-3-7(6)10/h2,4,7,10H,3H2,1H3. The van der Waals surface area contributed by atoms with E-state index < -0.39 is 17.9 Å². The molecule has 0 bridgehead atoms. The lowest BCUT2D eigenvalue weighted by Gasteiger charge is -2.14. The molecule has 1 rings (SSSR count). The number of carbonyl (C=O) groups is 1. The van der Waals surface area contributed by atoms with E-state index in [1.54, 1.807) is 0 Å². The van der Waals surface area contributed by atoms with Crippen molar-refractivity contribution < 1.29 is 19.0 Å². The zero-order chi connectivity index (χ0) is 9.14. The van der Waals surface area contributed by atoms with Gasteiger partial charge in [-0.3, -0.25) is 0 Å². The summed E-state index contributed by atoms with van der Waals surface area (Å²) in [4.78, 5) is 10.9. The van der Waals surface area contributed by atoms with Gasteiger partial charge < -0.3 is 9.84 Å². The number of methoxy groups -OCH3 is 1. The SMILES string of the molecule is COC(=O)C1=CC(F)=CCC1O. The molecule has 0 aromatic heterocycles. The number of allylic oxidation sites excluding steroid dienone is 2. The molecule has 4 heteroatoms. The third kappa shape index (κ3) is 1.71. The molecular formula is C8H9FO3. The van der Waals surface area contributed by atoms with E-state index in [2.05, 4.69) is 4.74 Å². The highest BCUT2D eigenvalue weighted by Gasteiger charge is 2.22. The highest BCUT2D eigenvalue weighted by Crippen LogP contribution is 2.19. The highest BCUT2D eigenvalue weighted by atomic mass is 19.1. The number of aliphatic hydroxyl groups is 1. The van der Waals surface area contributed by atoms with Gasteiger partial charge in [0.1, 0.15) is 5.83 Å². The Balaban J connectivity index is 2.85. The van der Waals surface area contributed by atoms with Gasteiger partial charge in [0, 0.05) is 0 Å². The molecule has 12 heavy (non-hydrogen) atoms. The summed E-state index contributed by atoms with van der Waals surface area (Å²) in [6, 6.07) is 0. The van der Waals surface area contributed by atoms with Crippen molar-refractivity contribution in [2.45, 2.75) is 12.5 Å². The van der Waals surface area contributed by atoms with Crippen LogP contribution in [0, 0.1) is 0 Å². The fourth-order valence-electron chi connectivity index (χ4n) is 0.968. The molecule has 1 N–H and O–H groups in total. The van der Waals surface area contributed by atoms with Crippen molar-refractivity contribution >= 4 is 5.97 Å². The molecule has 1 aliphatic carbocycles. The Morgan fingerprint density at radius 2 is 2.50 bits per heavy atom. The molecule has 0 aromatic carbocycles. The first-order valence-electron chi connectivity index (χ1n) is 3.48. The summed E-state index contributed by atoms with van der Waals surface area (Å²) in [6.45, 7) is 0. The van der Waals surface area contributed by atoms with Crippen LogP contribution in [0.5, 0.6) is 0 Å². The third-order valence-electron chi connectivity index (χ3n) is 1.61. The average molecular weight is 172 g/mol. The van der Waals surface area contributed by atoms with Crippen molar-refractivity contribution in [1.29, 1.82) is 0 Å². The van der Waals surface area contributed by atoms with E-state index in [1.807, 2.05) is 0 Å². The van der Waals surface area contributed by atoms with Crippen molar-refractivity contribution in [3.63, 3.8) is 0 Å². The number of aliphatic hydroxyl groups excluding tert-OH is 1. The number of rotatable bonds is 1. The molecule has 0 fully saturated rings. The Morgan fingerprint density at radius 3 is 3.08 bits per heavy atom. The van der Waals surface area contributed by atoms with Gasteiger partial charge in [-0.05, 0) is 18.6 Å². The molecule has 0 aromatic rings. The number of carbonyl (C=O) groups excluding carboxylic acids is 1. The number of hydrogen-bond acceptors (Lipinski definition) is 3. The van der Waals surface area contributed by atoms with Crippen LogP contribution in [0.3, 0.4) is 0 Å². The maximum absolute atomic E-state index is 12.6. The molecule has 0 radical (unpaired) electrons. The lowest BCUT2D eigenvalue weighted by Crippen LogP contribution is -2.20. The molecule has 1 atom stereocenters. The average Bonchev–Trinajstić information content (AvgIpc) is 2.08. The van der Waals surface area contributed by atoms with Crippen molar-refractivity contribution in [3.8, 4) is 0 Å². The normalized spacial score (nSPS) is 22.8. The molecule has 0 heterocycles. The summed E-state index contributed by atoms with van der Waals surface area (Å²) in [5.41, 5.74) is -0.0301. The second kappa shape index (κ2) is 3.49. The van der Waals surface area contributed by atoms with Gasteiger partial charge in [0.2, 0.25) is 0 Å². The molecule has 0 saturated carbocycles. The van der Waals surface area contributed by atoms with Crippen LogP contribution in [-0.2, 0) is 9.53 Å². The zero-order valence-electron chi connectivity index (χ0n) is 6.58. The van der Waals surface area contributed by atoms with Gasteiger partial charge in [-0.25, -0.2) is 9.18 Å². The third-order valence-corrected chi connectivity index (χ3v) is 1.61. The zero-order valence-corrected chi connectivity index (χ0v) is 6.58. The van der Waals surface area contributed by atoms with Crippen LogP contribution in [0.25, 0.3) is 0 Å². The Kier molecular flexibility index (Phi) is 2.60. The molecule has 0 aliphatic heterocycles. The van der Waals surface area contributed by atoms with Gasteiger partial charge in [0.05, 0.1) is 18.8 Å². The summed E-state index contributed by atoms with van der Waals surface area (Å²) >= 11 is 0. The minimum absolute atomic E-state index is 0.0301. The van der Waals surface area contributed by atoms with Gasteiger partial charge in [-0.2, -0.15) is 0 Å². The Morgan fingerprint density at radius 1 is 1.83 bits per heavy atom. The molecule has 66 valence electrons. The second-order valence-electron chi connectivity index (χ2n) is 2.43. The predicted molar refractivity (Wildman–Crippen MR) is 39.9 cm³/mol. The van der Waals surface area contributed by atoms with Crippen LogP contribution in [0.15, 0.2) is 23.6 Å². The van der Waals surface area contributed by atoms with Crippen LogP contribution in [0.4, 0.5) is 4.39 Å². The first kappa shape index (κ1) is 8.93. The monoisotopic (exact) mass is 172 g/mol. The summed E-state index contributed by atoms with van der Waals surface area (Å²) in [6.07, 6.45) is 1.38. The fourth-order valence-corrected chi connectivity index (χ4v) is 0.968. The molecule has 0 amide bonds. The minimum Gasteiger partial charge on any atom is -0.466 e. The van der Waals surface area contributed by atoms with Crippen molar-refractivity contribution in [2.24, 2.45) is 0 Å². The number of ether oxygens (including phenoxy) is 1. The van der Waals surface area contributed by atoms with Crippen molar-refractivity contribution in [2.75, 3.05) is 7.11 Å². The van der Waals surface area contributed by atoms with E-state index in [0.29, 0.717) is 0 Å². The van der Waals surface area contributed by atoms with Gasteiger partial charge in [0.15, 0.2) is 0 Å². The summed E-state index contributed by atoms with van der Waals surface area (Å²) < 4.78 is 16.9. The maximum Gasteiger partial charge on any atom is 0.336 e. The van der Waals surface area contributed by atoms with E-state index in [0.717, 1.165) is 6.08 Å².